The number of carbonyl (C=O) groups is 1. The summed E-state index contributed by atoms with van der Waals surface area (Å²) >= 11 is 0. The van der Waals surface area contributed by atoms with Crippen molar-refractivity contribution in [2.75, 3.05) is 6.61 Å². The van der Waals surface area contributed by atoms with Crippen LogP contribution in [0.4, 0.5) is 0 Å². The molecule has 118 valence electrons. The molecular formula is C20H21NO2. The minimum Gasteiger partial charge on any atom is -0.494 e. The van der Waals surface area contributed by atoms with Crippen molar-refractivity contribution in [3.05, 3.63) is 58.9 Å². The van der Waals surface area contributed by atoms with Gasteiger partial charge in [-0.05, 0) is 80.3 Å². The number of pyridine rings is 1. The minimum absolute atomic E-state index is 0.647. The van der Waals surface area contributed by atoms with E-state index in [0.29, 0.717) is 12.3 Å². The van der Waals surface area contributed by atoms with Gasteiger partial charge in [0.05, 0.1) is 12.3 Å². The van der Waals surface area contributed by atoms with Gasteiger partial charge in [-0.2, -0.15) is 0 Å². The van der Waals surface area contributed by atoms with Crippen molar-refractivity contribution in [3.8, 4) is 16.9 Å². The van der Waals surface area contributed by atoms with Crippen LogP contribution in [0.2, 0.25) is 0 Å². The molecule has 0 unspecified atom stereocenters. The maximum atomic E-state index is 11.7. The summed E-state index contributed by atoms with van der Waals surface area (Å²) in [4.78, 5) is 11.7. The standard InChI is InChI=1S/C20H21NO2/c1-5-23-20-10-14(3)17(9-15(20)4)18-11-16-8-13(2)6-7-21(16)19(18)12-22/h6-12H,5H2,1-4H3. The molecule has 3 nitrogen and oxygen atoms in total. The SMILES string of the molecule is CCOc1cc(C)c(-c2cc3cc(C)ccn3c2C=O)cc1C. The van der Waals surface area contributed by atoms with E-state index in [0.717, 1.165) is 39.8 Å². The topological polar surface area (TPSA) is 30.7 Å². The summed E-state index contributed by atoms with van der Waals surface area (Å²) < 4.78 is 7.61. The quantitative estimate of drug-likeness (QED) is 0.652. The largest absolute Gasteiger partial charge is 0.494 e. The summed E-state index contributed by atoms with van der Waals surface area (Å²) in [6.45, 7) is 8.78. The molecular weight excluding hydrogens is 286 g/mol. The molecule has 2 aromatic heterocycles. The smallest absolute Gasteiger partial charge is 0.167 e. The molecule has 0 N–H and O–H groups in total. The van der Waals surface area contributed by atoms with Crippen LogP contribution in [0.25, 0.3) is 16.6 Å². The second-order valence-electron chi connectivity index (χ2n) is 5.93. The highest BCUT2D eigenvalue weighted by atomic mass is 16.5. The number of carbonyl (C=O) groups excluding carboxylic acids is 1. The minimum atomic E-state index is 0.647. The van der Waals surface area contributed by atoms with Crippen molar-refractivity contribution in [1.82, 2.24) is 4.40 Å². The average molecular weight is 307 g/mol. The van der Waals surface area contributed by atoms with Gasteiger partial charge < -0.3 is 9.14 Å². The predicted molar refractivity (Wildman–Crippen MR) is 93.6 cm³/mol. The Bertz CT molecular complexity index is 890. The Morgan fingerprint density at radius 1 is 1.04 bits per heavy atom. The first-order valence-corrected chi connectivity index (χ1v) is 7.86. The molecule has 3 aromatic rings. The monoisotopic (exact) mass is 307 g/mol. The summed E-state index contributed by atoms with van der Waals surface area (Å²) in [6, 6.07) is 10.3. The van der Waals surface area contributed by atoms with Gasteiger partial charge >= 0.3 is 0 Å². The number of hydrogen-bond acceptors (Lipinski definition) is 2. The summed E-state index contributed by atoms with van der Waals surface area (Å²) in [5, 5.41) is 0. The summed E-state index contributed by atoms with van der Waals surface area (Å²) in [6.07, 6.45) is 2.89. The summed E-state index contributed by atoms with van der Waals surface area (Å²) in [7, 11) is 0. The molecule has 3 heteroatoms. The predicted octanol–water partition coefficient (Wildman–Crippen LogP) is 4.74. The maximum Gasteiger partial charge on any atom is 0.167 e. The Morgan fingerprint density at radius 3 is 2.52 bits per heavy atom. The third kappa shape index (κ3) is 2.63. The Kier molecular flexibility index (Phi) is 3.95. The van der Waals surface area contributed by atoms with Gasteiger partial charge in [-0.15, -0.1) is 0 Å². The number of aldehydes is 1. The van der Waals surface area contributed by atoms with Crippen LogP contribution in [-0.4, -0.2) is 17.3 Å². The van der Waals surface area contributed by atoms with Crippen molar-refractivity contribution in [1.29, 1.82) is 0 Å². The number of benzene rings is 1. The number of aryl methyl sites for hydroxylation is 3. The fourth-order valence-corrected chi connectivity index (χ4v) is 3.04. The molecule has 0 saturated carbocycles. The molecule has 0 amide bonds. The number of fused-ring (bicyclic) bond motifs is 1. The lowest BCUT2D eigenvalue weighted by Gasteiger charge is -2.12. The zero-order valence-corrected chi connectivity index (χ0v) is 14.0. The molecule has 0 atom stereocenters. The zero-order chi connectivity index (χ0) is 16.6. The molecule has 23 heavy (non-hydrogen) atoms. The number of ether oxygens (including phenoxy) is 1. The highest BCUT2D eigenvalue weighted by molar-refractivity contribution is 5.91. The van der Waals surface area contributed by atoms with Gasteiger partial charge in [-0.1, -0.05) is 0 Å². The zero-order valence-electron chi connectivity index (χ0n) is 14.0. The fraction of sp³-hybridized carbons (Fsp3) is 0.250. The van der Waals surface area contributed by atoms with E-state index >= 15 is 0 Å². The summed E-state index contributed by atoms with van der Waals surface area (Å²) in [5.41, 5.74) is 7.13. The Morgan fingerprint density at radius 2 is 1.83 bits per heavy atom. The van der Waals surface area contributed by atoms with E-state index < -0.39 is 0 Å². The van der Waals surface area contributed by atoms with E-state index in [9.17, 15) is 4.79 Å². The Hall–Kier alpha value is -2.55. The molecule has 0 spiro atoms. The van der Waals surface area contributed by atoms with Gasteiger partial charge in [0.15, 0.2) is 6.29 Å². The van der Waals surface area contributed by atoms with Crippen molar-refractivity contribution < 1.29 is 9.53 Å². The molecule has 0 bridgehead atoms. The molecule has 0 aliphatic heterocycles. The highest BCUT2D eigenvalue weighted by Crippen LogP contribution is 2.33. The second-order valence-corrected chi connectivity index (χ2v) is 5.93. The molecule has 0 aliphatic rings. The van der Waals surface area contributed by atoms with Gasteiger partial charge in [0.1, 0.15) is 5.75 Å². The van der Waals surface area contributed by atoms with Gasteiger partial charge in [0.25, 0.3) is 0 Å². The number of nitrogens with zero attached hydrogens (tertiary/aromatic N) is 1. The second kappa shape index (κ2) is 5.92. The van der Waals surface area contributed by atoms with E-state index in [1.807, 2.05) is 30.5 Å². The number of hydrogen-bond donors (Lipinski definition) is 0. The molecule has 2 heterocycles. The van der Waals surface area contributed by atoms with Crippen LogP contribution in [0, 0.1) is 20.8 Å². The van der Waals surface area contributed by atoms with Crippen LogP contribution in [0.3, 0.4) is 0 Å². The highest BCUT2D eigenvalue weighted by Gasteiger charge is 2.15. The first kappa shape index (κ1) is 15.3. The van der Waals surface area contributed by atoms with Crippen LogP contribution in [0.15, 0.2) is 36.5 Å². The van der Waals surface area contributed by atoms with Crippen molar-refractivity contribution in [2.45, 2.75) is 27.7 Å². The van der Waals surface area contributed by atoms with Gasteiger partial charge in [-0.3, -0.25) is 4.79 Å². The van der Waals surface area contributed by atoms with E-state index in [4.69, 9.17) is 4.74 Å². The van der Waals surface area contributed by atoms with Crippen LogP contribution in [0.1, 0.15) is 34.1 Å². The van der Waals surface area contributed by atoms with E-state index in [-0.39, 0.29) is 0 Å². The lowest BCUT2D eigenvalue weighted by Crippen LogP contribution is -1.97. The van der Waals surface area contributed by atoms with E-state index in [2.05, 4.69) is 38.1 Å². The van der Waals surface area contributed by atoms with E-state index in [1.165, 1.54) is 5.56 Å². The van der Waals surface area contributed by atoms with Crippen molar-refractivity contribution in [2.24, 2.45) is 0 Å². The Balaban J connectivity index is 2.24. The lowest BCUT2D eigenvalue weighted by atomic mass is 9.98. The average Bonchev–Trinajstić information content (AvgIpc) is 2.88. The van der Waals surface area contributed by atoms with Crippen LogP contribution >= 0.6 is 0 Å². The van der Waals surface area contributed by atoms with Crippen molar-refractivity contribution in [3.63, 3.8) is 0 Å². The van der Waals surface area contributed by atoms with Gasteiger partial charge in [-0.25, -0.2) is 0 Å². The molecule has 0 radical (unpaired) electrons. The number of aromatic nitrogens is 1. The number of rotatable bonds is 4. The maximum absolute atomic E-state index is 11.7. The fourth-order valence-electron chi connectivity index (χ4n) is 3.04. The summed E-state index contributed by atoms with van der Waals surface area (Å²) in [5.74, 6) is 0.904. The lowest BCUT2D eigenvalue weighted by molar-refractivity contribution is 0.111. The van der Waals surface area contributed by atoms with Crippen molar-refractivity contribution >= 4 is 11.8 Å². The van der Waals surface area contributed by atoms with Crippen LogP contribution in [-0.2, 0) is 0 Å². The first-order chi connectivity index (χ1) is 11.0. The normalized spacial score (nSPS) is 11.0. The van der Waals surface area contributed by atoms with Crippen LogP contribution in [0.5, 0.6) is 5.75 Å². The van der Waals surface area contributed by atoms with Gasteiger partial charge in [0.2, 0.25) is 0 Å². The molecule has 0 aliphatic carbocycles. The molecule has 0 saturated heterocycles. The third-order valence-electron chi connectivity index (χ3n) is 4.19. The third-order valence-corrected chi connectivity index (χ3v) is 4.19. The molecule has 3 rings (SSSR count). The van der Waals surface area contributed by atoms with Crippen LogP contribution < -0.4 is 4.74 Å². The van der Waals surface area contributed by atoms with Gasteiger partial charge in [0, 0.05) is 17.3 Å². The first-order valence-electron chi connectivity index (χ1n) is 7.86. The van der Waals surface area contributed by atoms with E-state index in [1.54, 1.807) is 0 Å². The molecule has 0 fully saturated rings. The molecule has 1 aromatic carbocycles. The Labute approximate surface area is 136 Å².